The molecule has 0 bridgehead atoms. The van der Waals surface area contributed by atoms with Gasteiger partial charge in [0, 0.05) is 6.42 Å². The zero-order valence-corrected chi connectivity index (χ0v) is 8.90. The van der Waals surface area contributed by atoms with E-state index in [1.807, 2.05) is 0 Å². The molecule has 1 saturated heterocycles. The molecule has 1 heterocycles. The molecule has 86 valence electrons. The number of hydrogen-bond acceptors (Lipinski definition) is 4. The number of ketones is 1. The number of rotatable bonds is 5. The molecule has 0 aromatic rings. The molecule has 3 atom stereocenters. The minimum atomic E-state index is -0.868. The standard InChI is InChI=1S/C10H18N2O3/c1-6(13)7(10(11)15)5-9(14)8-3-2-4-12-8/h6-8,12-13H,2-5H2,1H3,(H2,11,15)/t6-,7+,8+/m1/s1. The van der Waals surface area contributed by atoms with Gasteiger partial charge in [-0.25, -0.2) is 0 Å². The fourth-order valence-electron chi connectivity index (χ4n) is 1.83. The normalized spacial score (nSPS) is 24.8. The molecule has 15 heavy (non-hydrogen) atoms. The Bertz CT molecular complexity index is 247. The van der Waals surface area contributed by atoms with Gasteiger partial charge in [0.1, 0.15) is 0 Å². The lowest BCUT2D eigenvalue weighted by Crippen LogP contribution is -2.38. The van der Waals surface area contributed by atoms with Crippen LogP contribution in [-0.2, 0) is 9.59 Å². The smallest absolute Gasteiger partial charge is 0.223 e. The van der Waals surface area contributed by atoms with Crippen LogP contribution in [0.25, 0.3) is 0 Å². The van der Waals surface area contributed by atoms with Crippen molar-refractivity contribution in [1.29, 1.82) is 0 Å². The van der Waals surface area contributed by atoms with Crippen molar-refractivity contribution in [2.75, 3.05) is 6.54 Å². The van der Waals surface area contributed by atoms with Gasteiger partial charge in [-0.15, -0.1) is 0 Å². The second kappa shape index (κ2) is 5.23. The van der Waals surface area contributed by atoms with Crippen LogP contribution in [0.15, 0.2) is 0 Å². The quantitative estimate of drug-likeness (QED) is 0.557. The summed E-state index contributed by atoms with van der Waals surface area (Å²) in [6.45, 7) is 2.32. The van der Waals surface area contributed by atoms with Crippen molar-refractivity contribution in [3.05, 3.63) is 0 Å². The van der Waals surface area contributed by atoms with Gasteiger partial charge in [0.25, 0.3) is 0 Å². The first-order valence-corrected chi connectivity index (χ1v) is 5.26. The lowest BCUT2D eigenvalue weighted by atomic mass is 9.93. The largest absolute Gasteiger partial charge is 0.393 e. The highest BCUT2D eigenvalue weighted by Crippen LogP contribution is 2.14. The fourth-order valence-corrected chi connectivity index (χ4v) is 1.83. The molecular formula is C10H18N2O3. The molecule has 4 N–H and O–H groups in total. The van der Waals surface area contributed by atoms with Gasteiger partial charge in [-0.1, -0.05) is 0 Å². The summed E-state index contributed by atoms with van der Waals surface area (Å²) < 4.78 is 0. The van der Waals surface area contributed by atoms with Gasteiger partial charge in [0.05, 0.1) is 18.1 Å². The molecule has 1 fully saturated rings. The molecule has 1 amide bonds. The van der Waals surface area contributed by atoms with Crippen molar-refractivity contribution >= 4 is 11.7 Å². The average Bonchev–Trinajstić information content (AvgIpc) is 2.65. The van der Waals surface area contributed by atoms with E-state index in [1.54, 1.807) is 0 Å². The van der Waals surface area contributed by atoms with E-state index < -0.39 is 17.9 Å². The monoisotopic (exact) mass is 214 g/mol. The van der Waals surface area contributed by atoms with Crippen molar-refractivity contribution in [2.24, 2.45) is 11.7 Å². The molecule has 0 aliphatic carbocycles. The Morgan fingerprint density at radius 1 is 1.60 bits per heavy atom. The topological polar surface area (TPSA) is 92.4 Å². The Morgan fingerprint density at radius 3 is 2.67 bits per heavy atom. The third kappa shape index (κ3) is 3.28. The van der Waals surface area contributed by atoms with Crippen LogP contribution < -0.4 is 11.1 Å². The molecule has 0 unspecified atom stereocenters. The second-order valence-electron chi connectivity index (χ2n) is 4.07. The Labute approximate surface area is 89.0 Å². The summed E-state index contributed by atoms with van der Waals surface area (Å²) in [6.07, 6.45) is 0.953. The molecule has 1 aliphatic rings. The highest BCUT2D eigenvalue weighted by Gasteiger charge is 2.29. The van der Waals surface area contributed by atoms with Crippen LogP contribution in [0.3, 0.4) is 0 Å². The molecule has 5 nitrogen and oxygen atoms in total. The molecule has 5 heteroatoms. The summed E-state index contributed by atoms with van der Waals surface area (Å²) >= 11 is 0. The van der Waals surface area contributed by atoms with Crippen molar-refractivity contribution in [2.45, 2.75) is 38.3 Å². The molecule has 0 aromatic heterocycles. The number of nitrogens with one attached hydrogen (secondary N) is 1. The van der Waals surface area contributed by atoms with Crippen molar-refractivity contribution in [3.8, 4) is 0 Å². The molecule has 1 aliphatic heterocycles. The van der Waals surface area contributed by atoms with Crippen molar-refractivity contribution in [1.82, 2.24) is 5.32 Å². The molecule has 0 saturated carbocycles. The van der Waals surface area contributed by atoms with Crippen LogP contribution in [0.2, 0.25) is 0 Å². The van der Waals surface area contributed by atoms with Crippen LogP contribution in [0.5, 0.6) is 0 Å². The van der Waals surface area contributed by atoms with Gasteiger partial charge in [-0.05, 0) is 26.3 Å². The minimum absolute atomic E-state index is 0.0304. The molecule has 0 aromatic carbocycles. The van der Waals surface area contributed by atoms with E-state index in [-0.39, 0.29) is 18.2 Å². The summed E-state index contributed by atoms with van der Waals surface area (Å²) in [5, 5.41) is 12.4. The summed E-state index contributed by atoms with van der Waals surface area (Å²) in [7, 11) is 0. The summed E-state index contributed by atoms with van der Waals surface area (Å²) in [6, 6.07) is -0.161. The van der Waals surface area contributed by atoms with E-state index in [0.717, 1.165) is 19.4 Å². The first kappa shape index (κ1) is 12.1. The van der Waals surface area contributed by atoms with Crippen molar-refractivity contribution < 1.29 is 14.7 Å². The number of hydrogen-bond donors (Lipinski definition) is 3. The third-order valence-electron chi connectivity index (χ3n) is 2.82. The average molecular weight is 214 g/mol. The minimum Gasteiger partial charge on any atom is -0.393 e. The number of Topliss-reactive ketones (excluding diaryl/α,β-unsaturated/α-hetero) is 1. The van der Waals surface area contributed by atoms with Gasteiger partial charge in [0.2, 0.25) is 5.91 Å². The molecule has 0 spiro atoms. The third-order valence-corrected chi connectivity index (χ3v) is 2.82. The summed E-state index contributed by atoms with van der Waals surface area (Å²) in [5.74, 6) is -1.41. The first-order chi connectivity index (χ1) is 7.02. The maximum Gasteiger partial charge on any atom is 0.223 e. The van der Waals surface area contributed by atoms with Crippen LogP contribution in [0.4, 0.5) is 0 Å². The van der Waals surface area contributed by atoms with Crippen molar-refractivity contribution in [3.63, 3.8) is 0 Å². The Hall–Kier alpha value is -0.940. The first-order valence-electron chi connectivity index (χ1n) is 5.26. The SMILES string of the molecule is C[C@@H](O)[C@H](CC(=O)[C@@H]1CCCN1)C(N)=O. The van der Waals surface area contributed by atoms with E-state index in [4.69, 9.17) is 5.73 Å². The highest BCUT2D eigenvalue weighted by atomic mass is 16.3. The summed E-state index contributed by atoms with van der Waals surface area (Å²) in [5.41, 5.74) is 5.11. The highest BCUT2D eigenvalue weighted by molar-refractivity contribution is 5.89. The van der Waals surface area contributed by atoms with Gasteiger partial charge >= 0.3 is 0 Å². The second-order valence-corrected chi connectivity index (χ2v) is 4.07. The number of aliphatic hydroxyl groups excluding tert-OH is 1. The van der Waals surface area contributed by atoms with Gasteiger partial charge in [-0.3, -0.25) is 9.59 Å². The van der Waals surface area contributed by atoms with E-state index >= 15 is 0 Å². The van der Waals surface area contributed by atoms with Crippen LogP contribution in [0, 0.1) is 5.92 Å². The zero-order chi connectivity index (χ0) is 11.4. The lowest BCUT2D eigenvalue weighted by molar-refractivity contribution is -0.131. The van der Waals surface area contributed by atoms with E-state index in [9.17, 15) is 14.7 Å². The summed E-state index contributed by atoms with van der Waals surface area (Å²) in [4.78, 5) is 22.7. The molecule has 1 rings (SSSR count). The Kier molecular flexibility index (Phi) is 4.23. The number of primary amides is 1. The van der Waals surface area contributed by atoms with Crippen LogP contribution >= 0.6 is 0 Å². The van der Waals surface area contributed by atoms with Gasteiger partial charge in [-0.2, -0.15) is 0 Å². The van der Waals surface area contributed by atoms with Gasteiger partial charge < -0.3 is 16.2 Å². The number of aliphatic hydroxyl groups is 1. The fraction of sp³-hybridized carbons (Fsp3) is 0.800. The van der Waals surface area contributed by atoms with E-state index in [2.05, 4.69) is 5.32 Å². The number of carbonyl (C=O) groups is 2. The van der Waals surface area contributed by atoms with Crippen LogP contribution in [0.1, 0.15) is 26.2 Å². The maximum atomic E-state index is 11.7. The lowest BCUT2D eigenvalue weighted by Gasteiger charge is -2.17. The molecule has 0 radical (unpaired) electrons. The Morgan fingerprint density at radius 2 is 2.27 bits per heavy atom. The van der Waals surface area contributed by atoms with E-state index in [1.165, 1.54) is 6.92 Å². The number of nitrogens with two attached hydrogens (primary N) is 1. The predicted molar refractivity (Wildman–Crippen MR) is 55.0 cm³/mol. The Balaban J connectivity index is 2.50. The maximum absolute atomic E-state index is 11.7. The predicted octanol–water partition coefficient (Wildman–Crippen LogP) is -0.820. The van der Waals surface area contributed by atoms with Crippen LogP contribution in [-0.4, -0.2) is 35.5 Å². The van der Waals surface area contributed by atoms with Gasteiger partial charge in [0.15, 0.2) is 5.78 Å². The number of amides is 1. The number of carbonyl (C=O) groups excluding carboxylic acids is 2. The zero-order valence-electron chi connectivity index (χ0n) is 8.90. The van der Waals surface area contributed by atoms with E-state index in [0.29, 0.717) is 0 Å². The molecular weight excluding hydrogens is 196 g/mol.